The summed E-state index contributed by atoms with van der Waals surface area (Å²) < 4.78 is 2.23. The number of nitrogens with two attached hydrogens (primary N) is 1. The molecule has 4 nitrogen and oxygen atoms in total. The van der Waals surface area contributed by atoms with Gasteiger partial charge in [0.25, 0.3) is 0 Å². The average molecular weight is 300 g/mol. The molecule has 1 saturated heterocycles. The van der Waals surface area contributed by atoms with Gasteiger partial charge in [-0.2, -0.15) is 0 Å². The third kappa shape index (κ3) is 2.35. The third-order valence-electron chi connectivity index (χ3n) is 5.12. The van der Waals surface area contributed by atoms with E-state index in [2.05, 4.69) is 36.0 Å². The lowest BCUT2D eigenvalue weighted by molar-refractivity contribution is -0.397. The summed E-state index contributed by atoms with van der Waals surface area (Å²) >= 11 is 0. The molecule has 0 atom stereocenters. The van der Waals surface area contributed by atoms with Crippen LogP contribution in [0, 0.1) is 5.92 Å². The molecule has 3 rings (SSSR count). The van der Waals surface area contributed by atoms with E-state index in [1.807, 2.05) is 18.7 Å². The van der Waals surface area contributed by atoms with Crippen LogP contribution in [0.1, 0.15) is 37.8 Å². The Labute approximate surface area is 132 Å². The standard InChI is InChI=1S/C18H26N3O/c1-13(2)17(22)21-8-6-18(7-9-21)12-20(3)16-5-4-14(11-19)10-15(16)18/h4-5,10,12-13H,6-9,11,19H2,1-3H3/q+1. The van der Waals surface area contributed by atoms with E-state index >= 15 is 0 Å². The highest BCUT2D eigenvalue weighted by Crippen LogP contribution is 2.43. The van der Waals surface area contributed by atoms with Gasteiger partial charge in [-0.1, -0.05) is 19.9 Å². The van der Waals surface area contributed by atoms with Crippen LogP contribution in [0.25, 0.3) is 0 Å². The first kappa shape index (κ1) is 15.2. The molecule has 2 aliphatic heterocycles. The molecule has 0 radical (unpaired) electrons. The molecule has 1 fully saturated rings. The van der Waals surface area contributed by atoms with Gasteiger partial charge < -0.3 is 10.6 Å². The molecule has 0 bridgehead atoms. The number of rotatable bonds is 2. The van der Waals surface area contributed by atoms with Crippen LogP contribution in [-0.2, 0) is 16.8 Å². The van der Waals surface area contributed by atoms with Crippen LogP contribution in [0.4, 0.5) is 5.69 Å². The van der Waals surface area contributed by atoms with E-state index in [0.29, 0.717) is 6.54 Å². The number of carbonyl (C=O) groups is 1. The lowest BCUT2D eigenvalue weighted by Crippen LogP contribution is -2.46. The van der Waals surface area contributed by atoms with Crippen molar-refractivity contribution in [1.29, 1.82) is 0 Å². The number of carbonyl (C=O) groups excluding carboxylic acids is 1. The van der Waals surface area contributed by atoms with Crippen LogP contribution in [0.3, 0.4) is 0 Å². The highest BCUT2D eigenvalue weighted by molar-refractivity contribution is 5.81. The van der Waals surface area contributed by atoms with Gasteiger partial charge in [-0.25, -0.2) is 4.58 Å². The molecule has 1 spiro atoms. The molecule has 2 N–H and O–H groups in total. The summed E-state index contributed by atoms with van der Waals surface area (Å²) in [5.41, 5.74) is 9.73. The SMILES string of the molecule is CC(C)C(=O)N1CCC2(C=[N+](C)c3ccc(CN)cc32)CC1. The zero-order chi connectivity index (χ0) is 15.9. The molecule has 118 valence electrons. The van der Waals surface area contributed by atoms with Crippen molar-refractivity contribution in [3.8, 4) is 0 Å². The summed E-state index contributed by atoms with van der Waals surface area (Å²) in [5.74, 6) is 0.359. The van der Waals surface area contributed by atoms with Crippen molar-refractivity contribution in [1.82, 2.24) is 4.90 Å². The second kappa shape index (κ2) is 5.51. The first-order chi connectivity index (χ1) is 10.5. The molecule has 22 heavy (non-hydrogen) atoms. The van der Waals surface area contributed by atoms with Crippen LogP contribution in [0.5, 0.6) is 0 Å². The second-order valence-electron chi connectivity index (χ2n) is 6.93. The van der Waals surface area contributed by atoms with Gasteiger partial charge in [-0.3, -0.25) is 4.79 Å². The molecule has 0 aromatic heterocycles. The van der Waals surface area contributed by atoms with E-state index in [9.17, 15) is 4.79 Å². The van der Waals surface area contributed by atoms with Crippen molar-refractivity contribution in [3.05, 3.63) is 29.3 Å². The topological polar surface area (TPSA) is 49.3 Å². The molecular weight excluding hydrogens is 274 g/mol. The third-order valence-corrected chi connectivity index (χ3v) is 5.12. The Balaban J connectivity index is 1.87. The van der Waals surface area contributed by atoms with Crippen molar-refractivity contribution < 1.29 is 9.37 Å². The number of fused-ring (bicyclic) bond motifs is 2. The summed E-state index contributed by atoms with van der Waals surface area (Å²) in [4.78, 5) is 14.2. The minimum atomic E-state index is 0.0724. The van der Waals surface area contributed by atoms with Gasteiger partial charge in [0.05, 0.1) is 5.41 Å². The number of likely N-dealkylation sites (tertiary alicyclic amines) is 1. The summed E-state index contributed by atoms with van der Waals surface area (Å²) in [5, 5.41) is 0. The molecule has 4 heteroatoms. The predicted octanol–water partition coefficient (Wildman–Crippen LogP) is 2.02. The fourth-order valence-electron chi connectivity index (χ4n) is 3.82. The fraction of sp³-hybridized carbons (Fsp3) is 0.556. The molecule has 1 amide bonds. The van der Waals surface area contributed by atoms with E-state index in [0.717, 1.165) is 25.9 Å². The normalized spacial score (nSPS) is 19.5. The molecule has 1 aromatic carbocycles. The molecule has 0 unspecified atom stereocenters. The van der Waals surface area contributed by atoms with Gasteiger partial charge in [0.15, 0.2) is 6.21 Å². The number of hydrogen-bond donors (Lipinski definition) is 1. The first-order valence-electron chi connectivity index (χ1n) is 8.18. The predicted molar refractivity (Wildman–Crippen MR) is 88.6 cm³/mol. The van der Waals surface area contributed by atoms with Crippen molar-refractivity contribution in [2.45, 2.75) is 38.6 Å². The van der Waals surface area contributed by atoms with E-state index in [4.69, 9.17) is 5.73 Å². The number of amides is 1. The lowest BCUT2D eigenvalue weighted by Gasteiger charge is -2.37. The van der Waals surface area contributed by atoms with Gasteiger partial charge in [0.2, 0.25) is 11.6 Å². The van der Waals surface area contributed by atoms with Gasteiger partial charge in [-0.15, -0.1) is 0 Å². The van der Waals surface area contributed by atoms with Gasteiger partial charge in [0, 0.05) is 37.2 Å². The van der Waals surface area contributed by atoms with E-state index < -0.39 is 0 Å². The minimum absolute atomic E-state index is 0.0724. The van der Waals surface area contributed by atoms with Crippen LogP contribution in [0.15, 0.2) is 18.2 Å². The second-order valence-corrected chi connectivity index (χ2v) is 6.93. The van der Waals surface area contributed by atoms with Crippen molar-refractivity contribution in [3.63, 3.8) is 0 Å². The Morgan fingerprint density at radius 3 is 2.64 bits per heavy atom. The number of benzene rings is 1. The summed E-state index contributed by atoms with van der Waals surface area (Å²) in [7, 11) is 2.11. The quantitative estimate of drug-likeness (QED) is 0.850. The number of piperidine rings is 1. The van der Waals surface area contributed by atoms with Crippen LogP contribution < -0.4 is 5.73 Å². The smallest absolute Gasteiger partial charge is 0.225 e. The summed E-state index contributed by atoms with van der Waals surface area (Å²) in [6.07, 6.45) is 4.34. The van der Waals surface area contributed by atoms with Gasteiger partial charge in [0.1, 0.15) is 7.05 Å². The molecule has 1 aromatic rings. The molecular formula is C18H26N3O+. The molecule has 0 saturated carbocycles. The molecule has 2 aliphatic rings. The largest absolute Gasteiger partial charge is 0.342 e. The fourth-order valence-corrected chi connectivity index (χ4v) is 3.82. The maximum absolute atomic E-state index is 12.2. The van der Waals surface area contributed by atoms with Crippen molar-refractivity contribution in [2.24, 2.45) is 11.7 Å². The summed E-state index contributed by atoms with van der Waals surface area (Å²) in [6.45, 7) is 6.21. The number of hydrogen-bond acceptors (Lipinski definition) is 2. The minimum Gasteiger partial charge on any atom is -0.342 e. The van der Waals surface area contributed by atoms with E-state index in [-0.39, 0.29) is 17.2 Å². The van der Waals surface area contributed by atoms with Crippen LogP contribution in [-0.4, -0.2) is 41.7 Å². The zero-order valence-electron chi connectivity index (χ0n) is 13.8. The highest BCUT2D eigenvalue weighted by atomic mass is 16.2. The monoisotopic (exact) mass is 300 g/mol. The number of nitrogens with zero attached hydrogens (tertiary/aromatic N) is 2. The van der Waals surface area contributed by atoms with Crippen LogP contribution in [0.2, 0.25) is 0 Å². The Kier molecular flexibility index (Phi) is 3.81. The molecule has 2 heterocycles. The Bertz CT molecular complexity index is 625. The Morgan fingerprint density at radius 2 is 2.05 bits per heavy atom. The average Bonchev–Trinajstić information content (AvgIpc) is 2.79. The van der Waals surface area contributed by atoms with Gasteiger partial charge >= 0.3 is 0 Å². The van der Waals surface area contributed by atoms with E-state index in [1.54, 1.807) is 0 Å². The maximum Gasteiger partial charge on any atom is 0.225 e. The Hall–Kier alpha value is -1.68. The first-order valence-corrected chi connectivity index (χ1v) is 8.18. The molecule has 0 aliphatic carbocycles. The lowest BCUT2D eigenvalue weighted by atomic mass is 9.74. The maximum atomic E-state index is 12.2. The van der Waals surface area contributed by atoms with E-state index in [1.165, 1.54) is 16.8 Å². The van der Waals surface area contributed by atoms with Crippen molar-refractivity contribution >= 4 is 17.8 Å². The Morgan fingerprint density at radius 1 is 1.36 bits per heavy atom. The summed E-state index contributed by atoms with van der Waals surface area (Å²) in [6, 6.07) is 6.54. The van der Waals surface area contributed by atoms with Crippen LogP contribution >= 0.6 is 0 Å². The van der Waals surface area contributed by atoms with Crippen molar-refractivity contribution in [2.75, 3.05) is 20.1 Å². The zero-order valence-corrected chi connectivity index (χ0v) is 13.8. The van der Waals surface area contributed by atoms with Gasteiger partial charge in [-0.05, 0) is 24.5 Å². The highest BCUT2D eigenvalue weighted by Gasteiger charge is 2.46.